The molecule has 0 saturated heterocycles. The SMILES string of the molecule is COCCOCCOCCOc1ccc(C#Cc2ccc(C#Cc3cc(C(=O)O)nc(C(=O)O)c3)cc2)cc1. The number of rotatable bonds is 12. The fraction of sp³-hybridized carbons (Fsp3) is 0.233. The lowest BCUT2D eigenvalue weighted by atomic mass is 10.1. The topological polar surface area (TPSA) is 124 Å². The van der Waals surface area contributed by atoms with Crippen LogP contribution in [-0.4, -0.2) is 73.9 Å². The lowest BCUT2D eigenvalue weighted by molar-refractivity contribution is 0.0180. The van der Waals surface area contributed by atoms with Crippen LogP contribution < -0.4 is 4.74 Å². The number of nitrogens with zero attached hydrogens (tertiary/aromatic N) is 1. The number of pyridine rings is 1. The van der Waals surface area contributed by atoms with E-state index in [2.05, 4.69) is 28.7 Å². The maximum absolute atomic E-state index is 11.2. The summed E-state index contributed by atoms with van der Waals surface area (Å²) < 4.78 is 21.3. The fourth-order valence-corrected chi connectivity index (χ4v) is 3.06. The van der Waals surface area contributed by atoms with Crippen LogP contribution >= 0.6 is 0 Å². The predicted molar refractivity (Wildman–Crippen MR) is 142 cm³/mol. The van der Waals surface area contributed by atoms with Crippen LogP contribution in [0.4, 0.5) is 0 Å². The Balaban J connectivity index is 1.50. The number of hydrogen-bond acceptors (Lipinski definition) is 7. The molecule has 1 aromatic heterocycles. The van der Waals surface area contributed by atoms with Crippen molar-refractivity contribution in [1.82, 2.24) is 4.98 Å². The average molecular weight is 530 g/mol. The molecule has 0 fully saturated rings. The molecule has 0 spiro atoms. The first-order chi connectivity index (χ1) is 18.9. The summed E-state index contributed by atoms with van der Waals surface area (Å²) >= 11 is 0. The molecule has 2 N–H and O–H groups in total. The van der Waals surface area contributed by atoms with Crippen molar-refractivity contribution in [2.24, 2.45) is 0 Å². The molecule has 0 atom stereocenters. The summed E-state index contributed by atoms with van der Waals surface area (Å²) in [4.78, 5) is 26.0. The standard InChI is InChI=1S/C30H27NO8/c1-36-14-15-37-16-17-38-18-19-39-26-12-10-24(11-13-26)7-6-22-2-4-23(5-3-22)8-9-25-20-27(29(32)33)31-28(21-25)30(34)35/h2-5,10-13,20-21H,14-19H2,1H3,(H,32,33)(H,34,35). The Bertz CT molecular complexity index is 1340. The van der Waals surface area contributed by atoms with E-state index in [1.54, 1.807) is 19.2 Å². The summed E-state index contributed by atoms with van der Waals surface area (Å²) in [6, 6.07) is 17.1. The van der Waals surface area contributed by atoms with Crippen LogP contribution in [0.2, 0.25) is 0 Å². The van der Waals surface area contributed by atoms with Gasteiger partial charge in [-0.25, -0.2) is 14.6 Å². The molecule has 3 rings (SSSR count). The second kappa shape index (κ2) is 15.6. The average Bonchev–Trinajstić information content (AvgIpc) is 2.95. The Morgan fingerprint density at radius 3 is 1.51 bits per heavy atom. The lowest BCUT2D eigenvalue weighted by Gasteiger charge is -2.07. The molecule has 0 unspecified atom stereocenters. The zero-order chi connectivity index (χ0) is 27.9. The predicted octanol–water partition coefficient (Wildman–Crippen LogP) is 3.34. The van der Waals surface area contributed by atoms with E-state index in [1.807, 2.05) is 36.4 Å². The minimum absolute atomic E-state index is 0.243. The molecular formula is C30H27NO8. The summed E-state index contributed by atoms with van der Waals surface area (Å²) in [7, 11) is 1.63. The minimum Gasteiger partial charge on any atom is -0.491 e. The van der Waals surface area contributed by atoms with E-state index in [9.17, 15) is 9.59 Å². The van der Waals surface area contributed by atoms with Crippen molar-refractivity contribution in [3.63, 3.8) is 0 Å². The molecule has 9 nitrogen and oxygen atoms in total. The largest absolute Gasteiger partial charge is 0.491 e. The second-order valence-corrected chi connectivity index (χ2v) is 7.90. The van der Waals surface area contributed by atoms with Gasteiger partial charge in [0.05, 0.1) is 33.0 Å². The summed E-state index contributed by atoms with van der Waals surface area (Å²) in [5.41, 5.74) is 1.76. The Morgan fingerprint density at radius 1 is 0.641 bits per heavy atom. The normalized spacial score (nSPS) is 10.1. The first-order valence-electron chi connectivity index (χ1n) is 11.9. The fourth-order valence-electron chi connectivity index (χ4n) is 3.06. The van der Waals surface area contributed by atoms with Crippen molar-refractivity contribution in [3.8, 4) is 29.4 Å². The molecule has 0 saturated carbocycles. The second-order valence-electron chi connectivity index (χ2n) is 7.90. The molecule has 0 aliphatic rings. The highest BCUT2D eigenvalue weighted by atomic mass is 16.6. The zero-order valence-corrected chi connectivity index (χ0v) is 21.3. The molecule has 3 aromatic rings. The Hall–Kier alpha value is -4.67. The number of aromatic carboxylic acids is 2. The molecule has 0 aliphatic heterocycles. The molecule has 39 heavy (non-hydrogen) atoms. The van der Waals surface area contributed by atoms with Crippen LogP contribution in [0.1, 0.15) is 43.2 Å². The number of ether oxygens (including phenoxy) is 4. The molecule has 2 aromatic carbocycles. The first-order valence-corrected chi connectivity index (χ1v) is 11.9. The van der Waals surface area contributed by atoms with Gasteiger partial charge in [-0.1, -0.05) is 23.7 Å². The van der Waals surface area contributed by atoms with Gasteiger partial charge in [-0.15, -0.1) is 0 Å². The van der Waals surface area contributed by atoms with E-state index < -0.39 is 11.9 Å². The number of carboxylic acids is 2. The highest BCUT2D eigenvalue weighted by molar-refractivity contribution is 5.90. The van der Waals surface area contributed by atoms with Crippen LogP contribution in [0.25, 0.3) is 0 Å². The van der Waals surface area contributed by atoms with E-state index in [0.29, 0.717) is 45.2 Å². The van der Waals surface area contributed by atoms with Gasteiger partial charge in [0.15, 0.2) is 0 Å². The van der Waals surface area contributed by atoms with Crippen LogP contribution in [0.15, 0.2) is 60.7 Å². The summed E-state index contributed by atoms with van der Waals surface area (Å²) in [6.45, 7) is 3.03. The Labute approximate surface area is 226 Å². The van der Waals surface area contributed by atoms with Crippen LogP contribution in [0.3, 0.4) is 0 Å². The summed E-state index contributed by atoms with van der Waals surface area (Å²) in [5, 5.41) is 18.3. The maximum atomic E-state index is 11.2. The highest BCUT2D eigenvalue weighted by Gasteiger charge is 2.12. The van der Waals surface area contributed by atoms with Crippen LogP contribution in [0.5, 0.6) is 5.75 Å². The van der Waals surface area contributed by atoms with Crippen LogP contribution in [-0.2, 0) is 14.2 Å². The van der Waals surface area contributed by atoms with Gasteiger partial charge in [-0.05, 0) is 60.7 Å². The number of methoxy groups -OCH3 is 1. The summed E-state index contributed by atoms with van der Waals surface area (Å²) in [5.74, 6) is 9.94. The first kappa shape index (κ1) is 28.9. The van der Waals surface area contributed by atoms with Gasteiger partial charge in [0.25, 0.3) is 0 Å². The summed E-state index contributed by atoms with van der Waals surface area (Å²) in [6.07, 6.45) is 0. The Kier molecular flexibility index (Phi) is 11.5. The molecule has 1 heterocycles. The number of hydrogen-bond donors (Lipinski definition) is 2. The number of carbonyl (C=O) groups is 2. The van der Waals surface area contributed by atoms with Crippen molar-refractivity contribution in [1.29, 1.82) is 0 Å². The van der Waals surface area contributed by atoms with Gasteiger partial charge in [0, 0.05) is 29.4 Å². The minimum atomic E-state index is -1.33. The van der Waals surface area contributed by atoms with E-state index in [0.717, 1.165) is 16.9 Å². The number of carboxylic acid groups (broad SMARTS) is 2. The molecular weight excluding hydrogens is 502 g/mol. The smallest absolute Gasteiger partial charge is 0.354 e. The van der Waals surface area contributed by atoms with Crippen molar-refractivity contribution in [2.45, 2.75) is 0 Å². The van der Waals surface area contributed by atoms with Crippen molar-refractivity contribution >= 4 is 11.9 Å². The molecule has 200 valence electrons. The van der Waals surface area contributed by atoms with Crippen molar-refractivity contribution in [3.05, 3.63) is 94.3 Å². The third kappa shape index (κ3) is 10.3. The maximum Gasteiger partial charge on any atom is 0.354 e. The van der Waals surface area contributed by atoms with Gasteiger partial charge in [0.2, 0.25) is 0 Å². The van der Waals surface area contributed by atoms with E-state index in [-0.39, 0.29) is 17.0 Å². The van der Waals surface area contributed by atoms with E-state index in [1.165, 1.54) is 12.1 Å². The third-order valence-corrected chi connectivity index (χ3v) is 5.01. The van der Waals surface area contributed by atoms with Gasteiger partial charge < -0.3 is 29.2 Å². The van der Waals surface area contributed by atoms with Crippen molar-refractivity contribution in [2.75, 3.05) is 46.8 Å². The van der Waals surface area contributed by atoms with Gasteiger partial charge >= 0.3 is 11.9 Å². The van der Waals surface area contributed by atoms with Crippen molar-refractivity contribution < 1.29 is 38.7 Å². The monoisotopic (exact) mass is 529 g/mol. The third-order valence-electron chi connectivity index (χ3n) is 5.01. The molecule has 0 radical (unpaired) electrons. The quantitative estimate of drug-likeness (QED) is 0.268. The number of benzene rings is 2. The highest BCUT2D eigenvalue weighted by Crippen LogP contribution is 2.12. The molecule has 9 heteroatoms. The van der Waals surface area contributed by atoms with E-state index in [4.69, 9.17) is 29.2 Å². The molecule has 0 aliphatic carbocycles. The van der Waals surface area contributed by atoms with Gasteiger partial charge in [-0.2, -0.15) is 0 Å². The van der Waals surface area contributed by atoms with Crippen LogP contribution in [0, 0.1) is 23.7 Å². The Morgan fingerprint density at radius 2 is 1.05 bits per heavy atom. The van der Waals surface area contributed by atoms with E-state index >= 15 is 0 Å². The lowest BCUT2D eigenvalue weighted by Crippen LogP contribution is -2.12. The zero-order valence-electron chi connectivity index (χ0n) is 21.3. The van der Waals surface area contributed by atoms with Gasteiger partial charge in [0.1, 0.15) is 23.7 Å². The molecule has 0 amide bonds. The van der Waals surface area contributed by atoms with Gasteiger partial charge in [-0.3, -0.25) is 0 Å². The number of aromatic nitrogens is 1. The molecule has 0 bridgehead atoms.